The predicted molar refractivity (Wildman–Crippen MR) is 77.9 cm³/mol. The van der Waals surface area contributed by atoms with Gasteiger partial charge in [-0.25, -0.2) is 0 Å². The van der Waals surface area contributed by atoms with Gasteiger partial charge in [0.2, 0.25) is 0 Å². The molecule has 24 heavy (non-hydrogen) atoms. The Bertz CT molecular complexity index is 488. The van der Waals surface area contributed by atoms with Crippen LogP contribution in [0.5, 0.6) is 0 Å². The molecule has 1 fully saturated rings. The molecule has 0 amide bonds. The number of aliphatic hydroxyl groups is 7. The van der Waals surface area contributed by atoms with E-state index in [1.807, 2.05) is 0 Å². The van der Waals surface area contributed by atoms with Gasteiger partial charge in [-0.1, -0.05) is 0 Å². The van der Waals surface area contributed by atoms with E-state index in [4.69, 9.17) is 5.11 Å². The van der Waals surface area contributed by atoms with E-state index in [1.165, 1.54) is 0 Å². The first-order valence-corrected chi connectivity index (χ1v) is 11.7. The molecule has 144 valence electrons. The van der Waals surface area contributed by atoms with Gasteiger partial charge in [0, 0.05) is 0 Å². The van der Waals surface area contributed by atoms with Crippen molar-refractivity contribution in [3.8, 4) is 0 Å². The molecule has 13 heteroatoms. The van der Waals surface area contributed by atoms with E-state index in [0.717, 1.165) is 0 Å². The second-order valence-electron chi connectivity index (χ2n) is 5.43. The number of rotatable bonds is 9. The van der Waals surface area contributed by atoms with E-state index in [-0.39, 0.29) is 10.6 Å². The zero-order chi connectivity index (χ0) is 18.7. The second-order valence-corrected chi connectivity index (χ2v) is 11.4. The van der Waals surface area contributed by atoms with Crippen molar-refractivity contribution in [3.05, 3.63) is 0 Å². The first-order chi connectivity index (χ1) is 11.0. The summed E-state index contributed by atoms with van der Waals surface area (Å²) in [5.41, 5.74) is 0. The maximum atomic E-state index is 10.8. The summed E-state index contributed by atoms with van der Waals surface area (Å²) < 4.78 is 36.4. The summed E-state index contributed by atoms with van der Waals surface area (Å²) in [5, 5.41) is 66.7. The second kappa shape index (κ2) is 9.16. The maximum absolute atomic E-state index is 10.8. The molecule has 0 aliphatic carbocycles. The first kappa shape index (κ1) is 22.2. The van der Waals surface area contributed by atoms with Gasteiger partial charge in [-0.2, -0.15) is 0 Å². The molecule has 11 nitrogen and oxygen atoms in total. The van der Waals surface area contributed by atoms with Gasteiger partial charge in [0.25, 0.3) is 0 Å². The van der Waals surface area contributed by atoms with Crippen LogP contribution in [0, 0.1) is 0 Å². The Kier molecular flexibility index (Phi) is 8.46. The Morgan fingerprint density at radius 3 is 2.21 bits per heavy atom. The number of hydrogen-bond acceptors (Lipinski definition) is 11. The van der Waals surface area contributed by atoms with Crippen LogP contribution in [0.4, 0.5) is 0 Å². The molecule has 0 radical (unpaired) electrons. The Morgan fingerprint density at radius 2 is 1.75 bits per heavy atom. The molecule has 1 aliphatic rings. The molecule has 0 saturated carbocycles. The fourth-order valence-corrected chi connectivity index (χ4v) is 8.56. The van der Waals surface area contributed by atoms with Gasteiger partial charge in [0.05, 0.1) is 0 Å². The van der Waals surface area contributed by atoms with Gasteiger partial charge in [-0.3, -0.25) is 0 Å². The fourth-order valence-electron chi connectivity index (χ4n) is 2.42. The molecular weight excluding hydrogens is 419 g/mol. The summed E-state index contributed by atoms with van der Waals surface area (Å²) >= 11 is -2.05. The van der Waals surface area contributed by atoms with E-state index in [1.54, 1.807) is 0 Å². The average molecular weight is 441 g/mol. The minimum atomic E-state index is -5.33. The third-order valence-corrected chi connectivity index (χ3v) is 10.1. The fraction of sp³-hybridized carbons (Fsp3) is 1.00. The van der Waals surface area contributed by atoms with Crippen LogP contribution in [0.1, 0.15) is 0 Å². The Morgan fingerprint density at radius 1 is 1.17 bits per heavy atom. The van der Waals surface area contributed by atoms with Crippen molar-refractivity contribution < 1.29 is 52.9 Å². The van der Waals surface area contributed by atoms with Gasteiger partial charge in [0.15, 0.2) is 0 Å². The van der Waals surface area contributed by atoms with Crippen molar-refractivity contribution in [2.24, 2.45) is 0 Å². The molecule has 8 atom stereocenters. The standard InChI is InChI=1S/C11H22O11SSe/c12-1-5(14)10(18)11(22-23(19,20)21)7(16)4-24-3-6(15)9(17)8(24)2-13/h5-18H,1-4H2/t5-,6+,7+,8+,9-,10+,11+,24?/m0/s1. The minimum absolute atomic E-state index is 0.110. The summed E-state index contributed by atoms with van der Waals surface area (Å²) in [4.78, 5) is -0.681. The predicted octanol–water partition coefficient (Wildman–Crippen LogP) is -4.50. The average Bonchev–Trinajstić information content (AvgIpc) is 2.76. The van der Waals surface area contributed by atoms with E-state index in [9.17, 15) is 43.6 Å². The van der Waals surface area contributed by atoms with E-state index in [2.05, 4.69) is 4.18 Å². The molecule has 1 heterocycles. The third kappa shape index (κ3) is 5.83. The summed E-state index contributed by atoms with van der Waals surface area (Å²) in [7, 11) is -5.33. The van der Waals surface area contributed by atoms with Crippen LogP contribution in [-0.4, -0.2) is 112 Å². The molecule has 1 aliphatic heterocycles. The van der Waals surface area contributed by atoms with Crippen LogP contribution in [-0.2, 0) is 14.6 Å². The van der Waals surface area contributed by atoms with E-state index < -0.39 is 79.0 Å². The topological polar surface area (TPSA) is 208 Å². The normalized spacial score (nSPS) is 33.2. The summed E-state index contributed by atoms with van der Waals surface area (Å²) in [5.74, 6) is 0. The van der Waals surface area contributed by atoms with Gasteiger partial charge in [0.1, 0.15) is 0 Å². The zero-order valence-corrected chi connectivity index (χ0v) is 15.0. The van der Waals surface area contributed by atoms with Crippen LogP contribution >= 0.6 is 0 Å². The molecule has 7 N–H and O–H groups in total. The van der Waals surface area contributed by atoms with Crippen LogP contribution in [0.2, 0.25) is 15.5 Å². The van der Waals surface area contributed by atoms with Crippen LogP contribution < -0.4 is 0 Å². The molecule has 0 aromatic rings. The number of hydrogen-bond donors (Lipinski definition) is 7. The van der Waals surface area contributed by atoms with Crippen molar-refractivity contribution in [2.45, 2.75) is 52.1 Å². The molecule has 0 aromatic carbocycles. The van der Waals surface area contributed by atoms with Crippen molar-refractivity contribution in [3.63, 3.8) is 0 Å². The SMILES string of the molecule is O=S(=O)([O-])O[C@@H]([C@H](O)[C@@H](O)CO)[C@H](O)C[Se+]1C[C@@H](O)[C@H](O)[C@H]1CO. The molecule has 0 bridgehead atoms. The van der Waals surface area contributed by atoms with Crippen molar-refractivity contribution in [2.75, 3.05) is 13.2 Å². The van der Waals surface area contributed by atoms with Crippen molar-refractivity contribution >= 4 is 24.3 Å². The van der Waals surface area contributed by atoms with Gasteiger partial charge >= 0.3 is 142 Å². The van der Waals surface area contributed by atoms with E-state index >= 15 is 0 Å². The van der Waals surface area contributed by atoms with Crippen LogP contribution in [0.25, 0.3) is 0 Å². The summed E-state index contributed by atoms with van der Waals surface area (Å²) in [6.07, 6.45) is -9.99. The van der Waals surface area contributed by atoms with Gasteiger partial charge in [-0.15, -0.1) is 0 Å². The zero-order valence-electron chi connectivity index (χ0n) is 12.4. The molecule has 0 spiro atoms. The Labute approximate surface area is 143 Å². The van der Waals surface area contributed by atoms with Crippen LogP contribution in [0.3, 0.4) is 0 Å². The molecule has 1 unspecified atom stereocenters. The summed E-state index contributed by atoms with van der Waals surface area (Å²) in [6, 6.07) is 0. The molecule has 1 saturated heterocycles. The molecule has 1 rings (SSSR count). The number of aliphatic hydroxyl groups excluding tert-OH is 7. The Hall–Kier alpha value is 0.109. The first-order valence-electron chi connectivity index (χ1n) is 6.94. The van der Waals surface area contributed by atoms with Gasteiger partial charge in [-0.05, 0) is 0 Å². The van der Waals surface area contributed by atoms with Crippen molar-refractivity contribution in [1.82, 2.24) is 0 Å². The van der Waals surface area contributed by atoms with Crippen LogP contribution in [0.15, 0.2) is 0 Å². The van der Waals surface area contributed by atoms with Gasteiger partial charge < -0.3 is 0 Å². The summed E-state index contributed by atoms with van der Waals surface area (Å²) in [6.45, 7) is -1.42. The monoisotopic (exact) mass is 442 g/mol. The Balaban J connectivity index is 2.89. The van der Waals surface area contributed by atoms with Crippen molar-refractivity contribution in [1.29, 1.82) is 0 Å². The third-order valence-electron chi connectivity index (χ3n) is 3.68. The van der Waals surface area contributed by atoms with E-state index in [0.29, 0.717) is 0 Å². The molecular formula is C11H22O11SSe. The quantitative estimate of drug-likeness (QED) is 0.103. The molecule has 0 aromatic heterocycles.